The first-order chi connectivity index (χ1) is 10.2. The predicted molar refractivity (Wildman–Crippen MR) is 80.0 cm³/mol. The SMILES string of the molecule is COC(=O)CCCc1nnc(NC(=O)C2CC=CCC2)s1. The van der Waals surface area contributed by atoms with Crippen LogP contribution in [0.4, 0.5) is 5.13 Å². The normalized spacial score (nSPS) is 17.5. The van der Waals surface area contributed by atoms with E-state index in [0.717, 1.165) is 24.3 Å². The average molecular weight is 309 g/mol. The molecule has 0 saturated carbocycles. The van der Waals surface area contributed by atoms with Crippen LogP contribution in [0.2, 0.25) is 0 Å². The number of amides is 1. The van der Waals surface area contributed by atoms with Crippen molar-refractivity contribution in [1.29, 1.82) is 0 Å². The topological polar surface area (TPSA) is 81.2 Å². The molecule has 0 fully saturated rings. The van der Waals surface area contributed by atoms with Gasteiger partial charge >= 0.3 is 5.97 Å². The van der Waals surface area contributed by atoms with Gasteiger partial charge in [-0.2, -0.15) is 0 Å². The summed E-state index contributed by atoms with van der Waals surface area (Å²) in [6, 6.07) is 0. The van der Waals surface area contributed by atoms with E-state index in [0.29, 0.717) is 24.4 Å². The summed E-state index contributed by atoms with van der Waals surface area (Å²) in [4.78, 5) is 23.1. The predicted octanol–water partition coefficient (Wildman–Crippen LogP) is 2.33. The van der Waals surface area contributed by atoms with Gasteiger partial charge in [0.2, 0.25) is 11.0 Å². The first-order valence-electron chi connectivity index (χ1n) is 7.04. The molecule has 114 valence electrons. The highest BCUT2D eigenvalue weighted by atomic mass is 32.1. The molecule has 0 bridgehead atoms. The van der Waals surface area contributed by atoms with Gasteiger partial charge in [0.25, 0.3) is 0 Å². The zero-order chi connectivity index (χ0) is 15.1. The lowest BCUT2D eigenvalue weighted by Crippen LogP contribution is -2.23. The number of anilines is 1. The van der Waals surface area contributed by atoms with Gasteiger partial charge in [0.05, 0.1) is 7.11 Å². The highest BCUT2D eigenvalue weighted by molar-refractivity contribution is 7.15. The number of esters is 1. The number of carbonyl (C=O) groups excluding carboxylic acids is 2. The second-order valence-corrected chi connectivity index (χ2v) is 5.96. The maximum atomic E-state index is 12.1. The van der Waals surface area contributed by atoms with Crippen LogP contribution in [0.3, 0.4) is 0 Å². The number of nitrogens with zero attached hydrogens (tertiary/aromatic N) is 2. The number of nitrogens with one attached hydrogen (secondary N) is 1. The lowest BCUT2D eigenvalue weighted by Gasteiger charge is -2.15. The van der Waals surface area contributed by atoms with Crippen LogP contribution in [-0.2, 0) is 20.7 Å². The summed E-state index contributed by atoms with van der Waals surface area (Å²) in [5, 5.41) is 12.2. The molecule has 21 heavy (non-hydrogen) atoms. The van der Waals surface area contributed by atoms with E-state index in [-0.39, 0.29) is 17.8 Å². The van der Waals surface area contributed by atoms with E-state index in [9.17, 15) is 9.59 Å². The number of carbonyl (C=O) groups is 2. The van der Waals surface area contributed by atoms with Crippen molar-refractivity contribution in [2.75, 3.05) is 12.4 Å². The Hall–Kier alpha value is -1.76. The Balaban J connectivity index is 1.78. The van der Waals surface area contributed by atoms with Crippen molar-refractivity contribution < 1.29 is 14.3 Å². The van der Waals surface area contributed by atoms with E-state index in [1.54, 1.807) is 0 Å². The smallest absolute Gasteiger partial charge is 0.305 e. The minimum atomic E-state index is -0.224. The zero-order valence-corrected chi connectivity index (χ0v) is 12.8. The van der Waals surface area contributed by atoms with Crippen LogP contribution in [0.15, 0.2) is 12.2 Å². The van der Waals surface area contributed by atoms with Crippen molar-refractivity contribution >= 4 is 28.3 Å². The maximum Gasteiger partial charge on any atom is 0.305 e. The molecule has 0 aromatic carbocycles. The highest BCUT2D eigenvalue weighted by Crippen LogP contribution is 2.22. The van der Waals surface area contributed by atoms with Crippen molar-refractivity contribution in [3.8, 4) is 0 Å². The van der Waals surface area contributed by atoms with Gasteiger partial charge in [-0.1, -0.05) is 23.5 Å². The molecule has 1 aliphatic rings. The molecule has 1 amide bonds. The number of allylic oxidation sites excluding steroid dienone is 2. The van der Waals surface area contributed by atoms with Crippen molar-refractivity contribution in [2.45, 2.75) is 38.5 Å². The van der Waals surface area contributed by atoms with Crippen molar-refractivity contribution in [2.24, 2.45) is 5.92 Å². The van der Waals surface area contributed by atoms with Crippen LogP contribution in [-0.4, -0.2) is 29.2 Å². The third-order valence-electron chi connectivity index (χ3n) is 3.34. The van der Waals surface area contributed by atoms with E-state index in [1.807, 2.05) is 6.08 Å². The standard InChI is InChI=1S/C14H19N3O3S/c1-20-12(18)9-5-8-11-16-17-14(21-11)15-13(19)10-6-3-2-4-7-10/h2-3,10H,4-9H2,1H3,(H,15,17,19). The monoisotopic (exact) mass is 309 g/mol. The number of aryl methyl sites for hydroxylation is 1. The maximum absolute atomic E-state index is 12.1. The number of aromatic nitrogens is 2. The molecule has 0 radical (unpaired) electrons. The van der Waals surface area contributed by atoms with Gasteiger partial charge in [0.1, 0.15) is 5.01 Å². The molecule has 1 aliphatic carbocycles. The van der Waals surface area contributed by atoms with Gasteiger partial charge < -0.3 is 10.1 Å². The Morgan fingerprint density at radius 2 is 2.29 bits per heavy atom. The summed E-state index contributed by atoms with van der Waals surface area (Å²) in [5.41, 5.74) is 0. The van der Waals surface area contributed by atoms with Crippen LogP contribution >= 0.6 is 11.3 Å². The second-order valence-electron chi connectivity index (χ2n) is 4.90. The first kappa shape index (κ1) is 15.6. The van der Waals surface area contributed by atoms with E-state index in [4.69, 9.17) is 0 Å². The summed E-state index contributed by atoms with van der Waals surface area (Å²) < 4.78 is 4.58. The van der Waals surface area contributed by atoms with Crippen molar-refractivity contribution in [3.05, 3.63) is 17.2 Å². The summed E-state index contributed by atoms with van der Waals surface area (Å²) >= 11 is 1.36. The van der Waals surface area contributed by atoms with Crippen LogP contribution in [0.25, 0.3) is 0 Å². The first-order valence-corrected chi connectivity index (χ1v) is 7.85. The number of rotatable bonds is 6. The van der Waals surface area contributed by atoms with Gasteiger partial charge in [-0.15, -0.1) is 10.2 Å². The number of methoxy groups -OCH3 is 1. The molecule has 0 saturated heterocycles. The molecule has 6 nitrogen and oxygen atoms in total. The number of ether oxygens (including phenoxy) is 1. The van der Waals surface area contributed by atoms with Gasteiger partial charge in [-0.25, -0.2) is 0 Å². The fourth-order valence-electron chi connectivity index (χ4n) is 2.13. The minimum Gasteiger partial charge on any atom is -0.469 e. The van der Waals surface area contributed by atoms with Crippen molar-refractivity contribution in [3.63, 3.8) is 0 Å². The summed E-state index contributed by atoms with van der Waals surface area (Å²) in [5.74, 6) is -0.184. The Labute approximate surface area is 127 Å². The summed E-state index contributed by atoms with van der Waals surface area (Å²) in [6.07, 6.45) is 8.47. The van der Waals surface area contributed by atoms with Gasteiger partial charge in [-0.3, -0.25) is 9.59 Å². The Morgan fingerprint density at radius 1 is 1.43 bits per heavy atom. The molecular formula is C14H19N3O3S. The van der Waals surface area contributed by atoms with Gasteiger partial charge in [0, 0.05) is 18.8 Å². The molecular weight excluding hydrogens is 290 g/mol. The Bertz CT molecular complexity index is 527. The fourth-order valence-corrected chi connectivity index (χ4v) is 2.91. The molecule has 1 aromatic heterocycles. The molecule has 0 spiro atoms. The van der Waals surface area contributed by atoms with Crippen LogP contribution in [0.1, 0.15) is 37.1 Å². The molecule has 0 aliphatic heterocycles. The molecule has 1 aromatic rings. The highest BCUT2D eigenvalue weighted by Gasteiger charge is 2.20. The van der Waals surface area contributed by atoms with Crippen LogP contribution in [0, 0.1) is 5.92 Å². The lowest BCUT2D eigenvalue weighted by molar-refractivity contribution is -0.140. The van der Waals surface area contributed by atoms with E-state index in [2.05, 4.69) is 26.3 Å². The largest absolute Gasteiger partial charge is 0.469 e. The molecule has 2 rings (SSSR count). The second kappa shape index (κ2) is 7.87. The molecule has 7 heteroatoms. The average Bonchev–Trinajstić information content (AvgIpc) is 2.95. The number of hydrogen-bond donors (Lipinski definition) is 1. The zero-order valence-electron chi connectivity index (χ0n) is 12.0. The molecule has 1 unspecified atom stereocenters. The summed E-state index contributed by atoms with van der Waals surface area (Å²) in [6.45, 7) is 0. The third-order valence-corrected chi connectivity index (χ3v) is 4.23. The minimum absolute atomic E-state index is 0.0108. The Morgan fingerprint density at radius 3 is 3.00 bits per heavy atom. The molecule has 1 N–H and O–H groups in total. The fraction of sp³-hybridized carbons (Fsp3) is 0.571. The van der Waals surface area contributed by atoms with Crippen LogP contribution in [0.5, 0.6) is 0 Å². The van der Waals surface area contributed by atoms with E-state index < -0.39 is 0 Å². The Kier molecular flexibility index (Phi) is 5.86. The quantitative estimate of drug-likeness (QED) is 0.644. The van der Waals surface area contributed by atoms with Gasteiger partial charge in [-0.05, 0) is 25.7 Å². The van der Waals surface area contributed by atoms with Gasteiger partial charge in [0.15, 0.2) is 0 Å². The van der Waals surface area contributed by atoms with E-state index in [1.165, 1.54) is 18.4 Å². The lowest BCUT2D eigenvalue weighted by atomic mass is 9.94. The summed E-state index contributed by atoms with van der Waals surface area (Å²) in [7, 11) is 1.38. The molecule has 1 atom stereocenters. The van der Waals surface area contributed by atoms with E-state index >= 15 is 0 Å². The third kappa shape index (κ3) is 4.93. The molecule has 1 heterocycles. The van der Waals surface area contributed by atoms with Crippen molar-refractivity contribution in [1.82, 2.24) is 10.2 Å². The van der Waals surface area contributed by atoms with Crippen LogP contribution < -0.4 is 5.32 Å². The number of hydrogen-bond acceptors (Lipinski definition) is 6.